The molecule has 6 aliphatic rings. The Morgan fingerprint density at radius 2 is 1.20 bits per heavy atom. The molecule has 12 amide bonds. The maximum Gasteiger partial charge on any atom is 0.417 e. The van der Waals surface area contributed by atoms with Crippen molar-refractivity contribution in [1.82, 2.24) is 60.0 Å². The molecule has 7 rings (SSSR count). The maximum atomic E-state index is 15.9. The summed E-state index contributed by atoms with van der Waals surface area (Å²) in [6.07, 6.45) is 7.86. The summed E-state index contributed by atoms with van der Waals surface area (Å²) in [6, 6.07) is -5.52. The molecular weight excluding hydrogens is 1340 g/mol. The van der Waals surface area contributed by atoms with Crippen LogP contribution in [0, 0.1) is 23.7 Å². The maximum absolute atomic E-state index is 15.9. The molecule has 0 aromatic heterocycles. The molecule has 0 radical (unpaired) electrons. The molecule has 3 saturated carbocycles. The molecule has 1 aromatic carbocycles. The van der Waals surface area contributed by atoms with Gasteiger partial charge in [0, 0.05) is 69.0 Å². The number of hydrogen-bond acceptors (Lipinski definition) is 12. The fourth-order valence-electron chi connectivity index (χ4n) is 16.0. The van der Waals surface area contributed by atoms with Crippen LogP contribution in [0.25, 0.3) is 0 Å². The monoisotopic (exact) mass is 1450 g/mol. The van der Waals surface area contributed by atoms with Crippen molar-refractivity contribution in [3.63, 3.8) is 0 Å². The molecule has 0 bridgehead atoms. The van der Waals surface area contributed by atoms with Crippen LogP contribution in [0.1, 0.15) is 199 Å². The summed E-state index contributed by atoms with van der Waals surface area (Å²) in [7, 11) is 10.1. The number of likely N-dealkylation sites (N-methyl/N-ethyl adjacent to an activating group) is 7. The number of nitrogens with one attached hydrogen (secondary N) is 3. The molecule has 3 aliphatic carbocycles. The number of piperidine rings is 1. The fourth-order valence-corrected chi connectivity index (χ4v) is 16.3. The van der Waals surface area contributed by atoms with Gasteiger partial charge in [-0.25, -0.2) is 0 Å². The number of amides is 12. The number of likely N-dealkylation sites (tertiary alicyclic amines) is 1. The van der Waals surface area contributed by atoms with Crippen molar-refractivity contribution in [3.8, 4) is 0 Å². The molecule has 8 atom stereocenters. The molecule has 102 heavy (non-hydrogen) atoms. The highest BCUT2D eigenvalue weighted by Gasteiger charge is 2.51. The molecule has 3 aliphatic heterocycles. The number of rotatable bonds is 11. The van der Waals surface area contributed by atoms with E-state index in [9.17, 15) is 41.9 Å². The largest absolute Gasteiger partial charge is 0.417 e. The Bertz CT molecular complexity index is 3150. The second-order valence-electron chi connectivity index (χ2n) is 30.5. The van der Waals surface area contributed by atoms with Gasteiger partial charge in [-0.15, -0.1) is 0 Å². The molecule has 6 fully saturated rings. The molecule has 3 N–H and O–H groups in total. The zero-order valence-electron chi connectivity index (χ0n) is 62.1. The number of alkyl halides is 3. The van der Waals surface area contributed by atoms with Crippen LogP contribution in [0.3, 0.4) is 0 Å². The summed E-state index contributed by atoms with van der Waals surface area (Å²) in [6.45, 7) is 6.48. The van der Waals surface area contributed by atoms with Crippen LogP contribution in [-0.2, 0) is 70.1 Å². The molecule has 570 valence electrons. The lowest BCUT2D eigenvalue weighted by molar-refractivity contribution is -0.157. The van der Waals surface area contributed by atoms with Crippen molar-refractivity contribution in [2.75, 3.05) is 88.6 Å². The minimum absolute atomic E-state index is 0.0193. The highest BCUT2D eigenvalue weighted by Crippen LogP contribution is 2.38. The standard InChI is InChI=1S/C74H114ClF3N12O12/c1-12-48(4)63-70(100)84(7)45-61(93)82(5)46-62(94)86(9)57(42-49-26-17-13-18-27-49)68(98)83(6)44-59(91)79-54(34-32-50-31-33-52(53(75)41-50)74(76,77)78)67(97)90-39-25-30-55(90)66(96)81-73(35-21-15-22-36-73)72(102)88(11)64(51-28-19-14-20-29-51)71(101)87(10)58(69(99)89-37-23-16-24-38-89)43-60(92)85(8)56(40-47(2)3)65(95)80-63/h31,33,41,47-49,51,54-58,63-64H,12-30,32,34-40,42-46H2,1-11H3,(H,79,91)(H,80,95)(H,81,96)/t48-,54-,55?,56-,57-,58-,63-,64-/m0/s1. The number of benzene rings is 1. The normalized spacial score (nSPS) is 26.8. The van der Waals surface area contributed by atoms with Crippen LogP contribution >= 0.6 is 11.6 Å². The third-order valence-corrected chi connectivity index (χ3v) is 22.9. The van der Waals surface area contributed by atoms with Gasteiger partial charge in [0.1, 0.15) is 47.8 Å². The first-order valence-electron chi connectivity index (χ1n) is 37.4. The van der Waals surface area contributed by atoms with Crippen molar-refractivity contribution in [2.24, 2.45) is 23.7 Å². The van der Waals surface area contributed by atoms with E-state index in [0.717, 1.165) is 91.0 Å². The van der Waals surface area contributed by atoms with Crippen LogP contribution in [0.4, 0.5) is 13.2 Å². The number of halogens is 4. The summed E-state index contributed by atoms with van der Waals surface area (Å²) in [5.74, 6) is -8.66. The lowest BCUT2D eigenvalue weighted by atomic mass is 9.78. The Hall–Kier alpha value is -7.06. The number of fused-ring (bicyclic) bond motifs is 1. The third-order valence-electron chi connectivity index (χ3n) is 22.6. The zero-order valence-corrected chi connectivity index (χ0v) is 62.9. The molecule has 1 unspecified atom stereocenters. The first kappa shape index (κ1) is 82.2. The second-order valence-corrected chi connectivity index (χ2v) is 30.9. The molecular formula is C74H114ClF3N12O12. The van der Waals surface area contributed by atoms with E-state index in [0.29, 0.717) is 70.0 Å². The van der Waals surface area contributed by atoms with Gasteiger partial charge >= 0.3 is 6.18 Å². The first-order chi connectivity index (χ1) is 48.2. The van der Waals surface area contributed by atoms with Crippen molar-refractivity contribution < 1.29 is 70.7 Å². The van der Waals surface area contributed by atoms with E-state index < -0.39 is 173 Å². The van der Waals surface area contributed by atoms with E-state index in [-0.39, 0.29) is 63.3 Å². The van der Waals surface area contributed by atoms with Crippen molar-refractivity contribution in [2.45, 2.75) is 249 Å². The number of carbonyl (C=O) groups is 12. The summed E-state index contributed by atoms with van der Waals surface area (Å²) in [4.78, 5) is 192. The Morgan fingerprint density at radius 3 is 1.80 bits per heavy atom. The van der Waals surface area contributed by atoms with Gasteiger partial charge in [-0.1, -0.05) is 122 Å². The van der Waals surface area contributed by atoms with Crippen molar-refractivity contribution in [1.29, 1.82) is 0 Å². The lowest BCUT2D eigenvalue weighted by Gasteiger charge is -2.45. The molecule has 3 saturated heterocycles. The molecule has 1 aromatic rings. The Morgan fingerprint density at radius 1 is 0.608 bits per heavy atom. The second kappa shape index (κ2) is 37.1. The molecule has 24 nitrogen and oxygen atoms in total. The highest BCUT2D eigenvalue weighted by molar-refractivity contribution is 6.31. The van der Waals surface area contributed by atoms with E-state index in [2.05, 4.69) is 16.0 Å². The van der Waals surface area contributed by atoms with Gasteiger partial charge in [-0.2, -0.15) is 13.2 Å². The number of aryl methyl sites for hydroxylation is 1. The lowest BCUT2D eigenvalue weighted by Crippen LogP contribution is -2.66. The first-order valence-corrected chi connectivity index (χ1v) is 37.7. The minimum Gasteiger partial charge on any atom is -0.343 e. The number of hydrogen-bond donors (Lipinski definition) is 3. The third kappa shape index (κ3) is 20.9. The van der Waals surface area contributed by atoms with Crippen LogP contribution in [-0.4, -0.2) is 251 Å². The molecule has 3 heterocycles. The van der Waals surface area contributed by atoms with Gasteiger partial charge < -0.3 is 60.0 Å². The SMILES string of the molecule is CC[C@H](C)[C@@H]1NC(=O)[C@H](CC(C)C)N(C)C(=O)C[C@@H](C(=O)N2CCCCC2)N(C)C(=O)[C@H](C2CCCCC2)N(C)C(=O)C2(CCCCC2)NC(=O)C2CCCN2C(=O)[C@H](CCc2ccc(C(F)(F)F)c(Cl)c2)NC(=O)CN(C)C(=O)[C@H](CC2CCCCC2)N(C)C(=O)CN(C)C(=O)CN(C)C1=O. The van der Waals surface area contributed by atoms with Gasteiger partial charge in [0.2, 0.25) is 70.9 Å². The highest BCUT2D eigenvalue weighted by atomic mass is 35.5. The Kier molecular flexibility index (Phi) is 29.9. The van der Waals surface area contributed by atoms with Gasteiger partial charge in [-0.05, 0) is 125 Å². The summed E-state index contributed by atoms with van der Waals surface area (Å²) in [5.41, 5.74) is -2.35. The Balaban J connectivity index is 1.30. The van der Waals surface area contributed by atoms with Crippen molar-refractivity contribution in [3.05, 3.63) is 34.3 Å². The van der Waals surface area contributed by atoms with E-state index >= 15 is 28.8 Å². The minimum atomic E-state index is -4.76. The van der Waals surface area contributed by atoms with Crippen LogP contribution < -0.4 is 16.0 Å². The summed E-state index contributed by atoms with van der Waals surface area (Å²) < 4.78 is 41.7. The average molecular weight is 1460 g/mol. The smallest absolute Gasteiger partial charge is 0.343 e. The van der Waals surface area contributed by atoms with Crippen LogP contribution in [0.15, 0.2) is 18.2 Å². The van der Waals surface area contributed by atoms with Gasteiger partial charge in [-0.3, -0.25) is 57.5 Å². The Labute approximate surface area is 605 Å². The number of carbonyl (C=O) groups excluding carboxylic acids is 12. The predicted octanol–water partition coefficient (Wildman–Crippen LogP) is 6.81. The topological polar surface area (TPSA) is 270 Å². The van der Waals surface area contributed by atoms with Gasteiger partial charge in [0.15, 0.2) is 0 Å². The van der Waals surface area contributed by atoms with E-state index in [1.165, 1.54) is 79.9 Å². The molecule has 28 heteroatoms. The summed E-state index contributed by atoms with van der Waals surface area (Å²) in [5, 5.41) is 8.25. The summed E-state index contributed by atoms with van der Waals surface area (Å²) >= 11 is 6.17. The zero-order chi connectivity index (χ0) is 75.1. The number of nitrogens with zero attached hydrogens (tertiary/aromatic N) is 9. The predicted molar refractivity (Wildman–Crippen MR) is 378 cm³/mol. The molecule has 1 spiro atoms. The quantitative estimate of drug-likeness (QED) is 0.206. The van der Waals surface area contributed by atoms with E-state index in [1.807, 2.05) is 20.8 Å². The van der Waals surface area contributed by atoms with Gasteiger partial charge in [0.05, 0.1) is 36.6 Å². The van der Waals surface area contributed by atoms with Crippen LogP contribution in [0.5, 0.6) is 0 Å². The van der Waals surface area contributed by atoms with Crippen molar-refractivity contribution >= 4 is 82.5 Å². The fraction of sp³-hybridized carbons (Fsp3) is 0.757. The van der Waals surface area contributed by atoms with E-state index in [1.54, 1.807) is 11.8 Å². The van der Waals surface area contributed by atoms with Crippen LogP contribution in [0.2, 0.25) is 5.02 Å². The average Bonchev–Trinajstić information content (AvgIpc) is 0.963. The van der Waals surface area contributed by atoms with Gasteiger partial charge in [0.25, 0.3) is 0 Å². The van der Waals surface area contributed by atoms with E-state index in [4.69, 9.17) is 11.6 Å².